The van der Waals surface area contributed by atoms with Crippen LogP contribution in [0.15, 0.2) is 18.2 Å². The molecule has 1 aromatic rings. The van der Waals surface area contributed by atoms with Crippen LogP contribution in [0.1, 0.15) is 45.1 Å². The van der Waals surface area contributed by atoms with Gasteiger partial charge in [-0.25, -0.2) is 0 Å². The van der Waals surface area contributed by atoms with Crippen molar-refractivity contribution in [1.82, 2.24) is 10.2 Å². The molecule has 0 radical (unpaired) electrons. The second-order valence-corrected chi connectivity index (χ2v) is 8.99. The van der Waals surface area contributed by atoms with Crippen molar-refractivity contribution >= 4 is 11.8 Å². The van der Waals surface area contributed by atoms with E-state index in [2.05, 4.69) is 5.32 Å². The van der Waals surface area contributed by atoms with Gasteiger partial charge in [-0.05, 0) is 30.0 Å². The topological polar surface area (TPSA) is 77.1 Å². The standard InChI is InChI=1S/C23H36N2O5/c1-23(2,3)13-21(26)25-14-18(17-12-16(29-5)8-9-20(17)30-6)19(15-25)22(27)24-10-7-11-28-4/h8-9,12,18-19H,7,10-11,13-15H2,1-6H3,(H,24,27)/t18-,19-/m1/s1. The number of rotatable bonds is 9. The molecule has 1 N–H and O–H groups in total. The number of nitrogens with one attached hydrogen (secondary N) is 1. The first-order chi connectivity index (χ1) is 14.2. The number of methoxy groups -OCH3 is 3. The van der Waals surface area contributed by atoms with E-state index in [0.717, 1.165) is 12.0 Å². The van der Waals surface area contributed by atoms with E-state index in [9.17, 15) is 9.59 Å². The van der Waals surface area contributed by atoms with E-state index in [0.29, 0.717) is 44.2 Å². The van der Waals surface area contributed by atoms with Gasteiger partial charge in [0.05, 0.1) is 20.1 Å². The van der Waals surface area contributed by atoms with Crippen molar-refractivity contribution in [3.8, 4) is 11.5 Å². The molecule has 0 aliphatic carbocycles. The minimum atomic E-state index is -0.350. The van der Waals surface area contributed by atoms with Crippen molar-refractivity contribution in [3.05, 3.63) is 23.8 Å². The maximum atomic E-state index is 13.0. The second kappa shape index (κ2) is 10.7. The molecule has 1 fully saturated rings. The molecule has 0 bridgehead atoms. The van der Waals surface area contributed by atoms with Crippen molar-refractivity contribution in [2.24, 2.45) is 11.3 Å². The van der Waals surface area contributed by atoms with Gasteiger partial charge in [0, 0.05) is 51.3 Å². The third kappa shape index (κ3) is 6.36. The minimum absolute atomic E-state index is 0.0490. The molecular weight excluding hydrogens is 384 g/mol. The quantitative estimate of drug-likeness (QED) is 0.622. The molecule has 0 aromatic heterocycles. The number of hydrogen-bond acceptors (Lipinski definition) is 5. The molecule has 1 aromatic carbocycles. The van der Waals surface area contributed by atoms with Crippen LogP contribution in [0, 0.1) is 11.3 Å². The Morgan fingerprint density at radius 1 is 1.13 bits per heavy atom. The molecule has 2 amide bonds. The van der Waals surface area contributed by atoms with Gasteiger partial charge in [-0.2, -0.15) is 0 Å². The van der Waals surface area contributed by atoms with Crippen LogP contribution in [0.5, 0.6) is 11.5 Å². The minimum Gasteiger partial charge on any atom is -0.497 e. The summed E-state index contributed by atoms with van der Waals surface area (Å²) in [5, 5.41) is 3.00. The normalized spacial score (nSPS) is 18.9. The SMILES string of the molecule is COCCCNC(=O)[C@@H]1CN(C(=O)CC(C)(C)C)C[C@@H]1c1cc(OC)ccc1OC. The van der Waals surface area contributed by atoms with Gasteiger partial charge in [-0.1, -0.05) is 20.8 Å². The van der Waals surface area contributed by atoms with E-state index in [1.165, 1.54) is 0 Å². The van der Waals surface area contributed by atoms with Crippen LogP contribution in [0.3, 0.4) is 0 Å². The fourth-order valence-corrected chi connectivity index (χ4v) is 3.84. The number of ether oxygens (including phenoxy) is 3. The average molecular weight is 421 g/mol. The summed E-state index contributed by atoms with van der Waals surface area (Å²) in [7, 11) is 4.87. The van der Waals surface area contributed by atoms with E-state index in [4.69, 9.17) is 14.2 Å². The Kier molecular flexibility index (Phi) is 8.53. The van der Waals surface area contributed by atoms with E-state index in [1.54, 1.807) is 21.3 Å². The lowest BCUT2D eigenvalue weighted by Gasteiger charge is -2.23. The maximum absolute atomic E-state index is 13.0. The largest absolute Gasteiger partial charge is 0.497 e. The zero-order valence-electron chi connectivity index (χ0n) is 19.1. The predicted molar refractivity (Wildman–Crippen MR) is 116 cm³/mol. The first-order valence-electron chi connectivity index (χ1n) is 10.5. The lowest BCUT2D eigenvalue weighted by atomic mass is 9.87. The molecule has 0 spiro atoms. The van der Waals surface area contributed by atoms with Crippen molar-refractivity contribution < 1.29 is 23.8 Å². The second-order valence-electron chi connectivity index (χ2n) is 8.99. The molecule has 1 aliphatic rings. The Balaban J connectivity index is 2.28. The summed E-state index contributed by atoms with van der Waals surface area (Å²) in [6, 6.07) is 5.59. The van der Waals surface area contributed by atoms with Crippen LogP contribution in [0.4, 0.5) is 0 Å². The Labute approximate surface area is 180 Å². The van der Waals surface area contributed by atoms with Gasteiger partial charge in [0.15, 0.2) is 0 Å². The van der Waals surface area contributed by atoms with Crippen molar-refractivity contribution in [1.29, 1.82) is 0 Å². The molecule has 2 atom stereocenters. The van der Waals surface area contributed by atoms with Crippen LogP contribution in [-0.2, 0) is 14.3 Å². The summed E-state index contributed by atoms with van der Waals surface area (Å²) in [4.78, 5) is 27.8. The highest BCUT2D eigenvalue weighted by atomic mass is 16.5. The van der Waals surface area contributed by atoms with Gasteiger partial charge in [0.2, 0.25) is 11.8 Å². The highest BCUT2D eigenvalue weighted by Crippen LogP contribution is 2.40. The molecular formula is C23H36N2O5. The summed E-state index contributed by atoms with van der Waals surface area (Å²) >= 11 is 0. The molecule has 30 heavy (non-hydrogen) atoms. The predicted octanol–water partition coefficient (Wildman–Crippen LogP) is 2.83. The Bertz CT molecular complexity index is 729. The molecule has 7 nitrogen and oxygen atoms in total. The van der Waals surface area contributed by atoms with Crippen LogP contribution < -0.4 is 14.8 Å². The van der Waals surface area contributed by atoms with Gasteiger partial charge < -0.3 is 24.4 Å². The Morgan fingerprint density at radius 2 is 1.87 bits per heavy atom. The van der Waals surface area contributed by atoms with Crippen molar-refractivity contribution in [3.63, 3.8) is 0 Å². The van der Waals surface area contributed by atoms with Gasteiger partial charge in [0.25, 0.3) is 0 Å². The zero-order chi connectivity index (χ0) is 22.3. The number of likely N-dealkylation sites (tertiary alicyclic amines) is 1. The summed E-state index contributed by atoms with van der Waals surface area (Å²) in [6.45, 7) is 8.15. The Hall–Kier alpha value is -2.28. The Morgan fingerprint density at radius 3 is 2.47 bits per heavy atom. The number of amides is 2. The lowest BCUT2D eigenvalue weighted by molar-refractivity contribution is -0.132. The van der Waals surface area contributed by atoms with Crippen molar-refractivity contribution in [2.45, 2.75) is 39.5 Å². The number of nitrogens with zero attached hydrogens (tertiary/aromatic N) is 1. The number of carbonyl (C=O) groups is 2. The summed E-state index contributed by atoms with van der Waals surface area (Å²) in [5.41, 5.74) is 0.778. The number of carbonyl (C=O) groups excluding carboxylic acids is 2. The molecule has 7 heteroatoms. The van der Waals surface area contributed by atoms with Crippen LogP contribution >= 0.6 is 0 Å². The number of benzene rings is 1. The van der Waals surface area contributed by atoms with Gasteiger partial charge >= 0.3 is 0 Å². The number of hydrogen-bond donors (Lipinski definition) is 1. The summed E-state index contributed by atoms with van der Waals surface area (Å²) in [6.07, 6.45) is 1.19. The van der Waals surface area contributed by atoms with Gasteiger partial charge in [0.1, 0.15) is 11.5 Å². The van der Waals surface area contributed by atoms with E-state index in [-0.39, 0.29) is 29.1 Å². The summed E-state index contributed by atoms with van der Waals surface area (Å²) in [5.74, 6) is 0.905. The van der Waals surface area contributed by atoms with Gasteiger partial charge in [-0.3, -0.25) is 9.59 Å². The van der Waals surface area contributed by atoms with E-state index >= 15 is 0 Å². The average Bonchev–Trinajstić information content (AvgIpc) is 3.15. The lowest BCUT2D eigenvalue weighted by Crippen LogP contribution is -2.36. The molecule has 1 aliphatic heterocycles. The first kappa shape index (κ1) is 24.0. The van der Waals surface area contributed by atoms with Crippen LogP contribution in [0.25, 0.3) is 0 Å². The van der Waals surface area contributed by atoms with Crippen molar-refractivity contribution in [2.75, 3.05) is 47.6 Å². The summed E-state index contributed by atoms with van der Waals surface area (Å²) < 4.78 is 16.0. The van der Waals surface area contributed by atoms with Crippen LogP contribution in [0.2, 0.25) is 0 Å². The molecule has 0 unspecified atom stereocenters. The first-order valence-corrected chi connectivity index (χ1v) is 10.5. The van der Waals surface area contributed by atoms with E-state index in [1.807, 2.05) is 43.9 Å². The third-order valence-corrected chi connectivity index (χ3v) is 5.35. The molecule has 2 rings (SSSR count). The smallest absolute Gasteiger partial charge is 0.225 e. The van der Waals surface area contributed by atoms with Crippen LogP contribution in [-0.4, -0.2) is 64.3 Å². The van der Waals surface area contributed by atoms with E-state index < -0.39 is 0 Å². The fourth-order valence-electron chi connectivity index (χ4n) is 3.84. The molecule has 0 saturated carbocycles. The van der Waals surface area contributed by atoms with Gasteiger partial charge in [-0.15, -0.1) is 0 Å². The molecule has 1 saturated heterocycles. The molecule has 1 heterocycles. The third-order valence-electron chi connectivity index (χ3n) is 5.35. The zero-order valence-corrected chi connectivity index (χ0v) is 19.1. The molecule has 168 valence electrons. The fraction of sp³-hybridized carbons (Fsp3) is 0.652. The maximum Gasteiger partial charge on any atom is 0.225 e. The highest BCUT2D eigenvalue weighted by molar-refractivity contribution is 5.83. The monoisotopic (exact) mass is 420 g/mol. The highest BCUT2D eigenvalue weighted by Gasteiger charge is 2.42.